The molecule has 3 heterocycles. The van der Waals surface area contributed by atoms with Gasteiger partial charge in [-0.2, -0.15) is 0 Å². The summed E-state index contributed by atoms with van der Waals surface area (Å²) in [4.78, 5) is 54.4. The summed E-state index contributed by atoms with van der Waals surface area (Å²) in [5.74, 6) is -0.529. The molecule has 12 heteroatoms. The minimum atomic E-state index is -0.251. The number of nitrogens with one attached hydrogen (secondary N) is 3. The number of carbonyl (C=O) groups excluding carboxylic acids is 4. The standard InChI is InChI=1S/C18H30N6O4.2ClH/c25-15-2-12-24(18(28)1-3-21-15,13-16(26)22-8-4-19-5-9-22)14-17(27)23-10-6-20-7-11-23;;/h19-20H,1-14H2;2*1H/p+1. The van der Waals surface area contributed by atoms with Crippen LogP contribution in [0, 0.1) is 0 Å². The minimum absolute atomic E-state index is 0. The minimum Gasteiger partial charge on any atom is -0.355 e. The number of nitrogens with zero attached hydrogens (tertiary/aromatic N) is 3. The normalized spacial score (nSPS) is 22.0. The first-order valence-corrected chi connectivity index (χ1v) is 10.1. The van der Waals surface area contributed by atoms with Crippen LogP contribution in [0.5, 0.6) is 0 Å². The topological polar surface area (TPSA) is 111 Å². The first-order valence-electron chi connectivity index (χ1n) is 10.1. The van der Waals surface area contributed by atoms with Crippen molar-refractivity contribution in [3.8, 4) is 0 Å². The second-order valence-corrected chi connectivity index (χ2v) is 7.69. The van der Waals surface area contributed by atoms with E-state index in [0.717, 1.165) is 26.2 Å². The fourth-order valence-corrected chi connectivity index (χ4v) is 4.01. The van der Waals surface area contributed by atoms with E-state index in [4.69, 9.17) is 0 Å². The Morgan fingerprint density at radius 3 is 1.70 bits per heavy atom. The maximum atomic E-state index is 13.1. The van der Waals surface area contributed by atoms with Gasteiger partial charge in [0.05, 0.1) is 19.4 Å². The SMILES string of the molecule is Cl.Cl.O=C1CC[N+](CC(=O)N2CCNCC2)(CC(=O)N2CCNCC2)C(=O)CCN1. The van der Waals surface area contributed by atoms with Crippen molar-refractivity contribution in [2.75, 3.05) is 78.5 Å². The zero-order chi connectivity index (χ0) is 20.0. The van der Waals surface area contributed by atoms with Gasteiger partial charge in [0.15, 0.2) is 13.1 Å². The van der Waals surface area contributed by atoms with Gasteiger partial charge < -0.3 is 25.8 Å². The zero-order valence-electron chi connectivity index (χ0n) is 17.2. The van der Waals surface area contributed by atoms with E-state index in [2.05, 4.69) is 16.0 Å². The van der Waals surface area contributed by atoms with Gasteiger partial charge in [-0.15, -0.1) is 24.8 Å². The largest absolute Gasteiger partial charge is 0.355 e. The molecule has 3 N–H and O–H groups in total. The number of hydrogen-bond donors (Lipinski definition) is 3. The molecule has 3 aliphatic rings. The van der Waals surface area contributed by atoms with E-state index in [1.54, 1.807) is 9.80 Å². The van der Waals surface area contributed by atoms with Gasteiger partial charge in [0, 0.05) is 58.9 Å². The van der Waals surface area contributed by atoms with Crippen molar-refractivity contribution in [1.29, 1.82) is 0 Å². The highest BCUT2D eigenvalue weighted by molar-refractivity contribution is 5.86. The van der Waals surface area contributed by atoms with Crippen molar-refractivity contribution in [2.24, 2.45) is 0 Å². The lowest BCUT2D eigenvalue weighted by Crippen LogP contribution is -2.64. The van der Waals surface area contributed by atoms with Gasteiger partial charge in [0.2, 0.25) is 5.91 Å². The van der Waals surface area contributed by atoms with Crippen molar-refractivity contribution in [3.05, 3.63) is 0 Å². The summed E-state index contributed by atoms with van der Waals surface area (Å²) in [6.45, 7) is 5.61. The van der Waals surface area contributed by atoms with Gasteiger partial charge in [-0.3, -0.25) is 14.4 Å². The molecule has 0 radical (unpaired) electrons. The molecule has 0 spiro atoms. The Kier molecular flexibility index (Phi) is 11.0. The zero-order valence-corrected chi connectivity index (χ0v) is 18.8. The number of piperazine rings is 2. The second kappa shape index (κ2) is 12.4. The smallest absolute Gasteiger partial charge is 0.316 e. The molecule has 3 fully saturated rings. The lowest BCUT2D eigenvalue weighted by atomic mass is 10.1. The molecule has 10 nitrogen and oxygen atoms in total. The predicted molar refractivity (Wildman–Crippen MR) is 116 cm³/mol. The van der Waals surface area contributed by atoms with E-state index in [9.17, 15) is 19.2 Å². The van der Waals surface area contributed by atoms with Crippen molar-refractivity contribution < 1.29 is 23.7 Å². The summed E-state index contributed by atoms with van der Waals surface area (Å²) in [6.07, 6.45) is 0.269. The predicted octanol–water partition coefficient (Wildman–Crippen LogP) is -2.05. The molecule has 3 rings (SSSR count). The number of carbonyl (C=O) groups is 4. The van der Waals surface area contributed by atoms with E-state index in [-0.39, 0.29) is 91.9 Å². The monoisotopic (exact) mass is 467 g/mol. The quantitative estimate of drug-likeness (QED) is 0.410. The molecule has 0 aliphatic carbocycles. The molecule has 0 aromatic rings. The third-order valence-corrected chi connectivity index (χ3v) is 5.77. The Morgan fingerprint density at radius 2 is 1.23 bits per heavy atom. The molecule has 172 valence electrons. The average Bonchev–Trinajstić information content (AvgIpc) is 2.72. The van der Waals surface area contributed by atoms with Gasteiger partial charge in [-0.25, -0.2) is 9.28 Å². The van der Waals surface area contributed by atoms with Crippen LogP contribution in [0.4, 0.5) is 0 Å². The van der Waals surface area contributed by atoms with E-state index >= 15 is 0 Å². The van der Waals surface area contributed by atoms with Crippen LogP contribution in [-0.2, 0) is 19.2 Å². The summed E-state index contributed by atoms with van der Waals surface area (Å²) in [7, 11) is 0. The third kappa shape index (κ3) is 6.78. The van der Waals surface area contributed by atoms with Crippen molar-refractivity contribution in [2.45, 2.75) is 12.8 Å². The highest BCUT2D eigenvalue weighted by Crippen LogP contribution is 2.16. The molecule has 0 atom stereocenters. The van der Waals surface area contributed by atoms with Gasteiger partial charge in [-0.1, -0.05) is 0 Å². The number of quaternary nitrogens is 1. The van der Waals surface area contributed by atoms with Crippen LogP contribution < -0.4 is 16.0 Å². The molecule has 0 saturated carbocycles. The number of rotatable bonds is 4. The van der Waals surface area contributed by atoms with Crippen LogP contribution in [0.25, 0.3) is 0 Å². The van der Waals surface area contributed by atoms with Crippen LogP contribution >= 0.6 is 24.8 Å². The third-order valence-electron chi connectivity index (χ3n) is 5.77. The maximum absolute atomic E-state index is 13.1. The van der Waals surface area contributed by atoms with Crippen molar-refractivity contribution in [3.63, 3.8) is 0 Å². The molecule has 3 aliphatic heterocycles. The number of amides is 4. The summed E-state index contributed by atoms with van der Waals surface area (Å²) in [6, 6.07) is 0. The van der Waals surface area contributed by atoms with Crippen LogP contribution in [0.15, 0.2) is 0 Å². The molecular weight excluding hydrogens is 435 g/mol. The van der Waals surface area contributed by atoms with E-state index in [1.165, 1.54) is 0 Å². The fourth-order valence-electron chi connectivity index (χ4n) is 4.01. The van der Waals surface area contributed by atoms with Crippen molar-refractivity contribution >= 4 is 48.4 Å². The Bertz CT molecular complexity index is 592. The molecular formula is C18H33Cl2N6O4+. The van der Waals surface area contributed by atoms with Crippen molar-refractivity contribution in [1.82, 2.24) is 25.8 Å². The summed E-state index contributed by atoms with van der Waals surface area (Å²) >= 11 is 0. The summed E-state index contributed by atoms with van der Waals surface area (Å²) in [5.41, 5.74) is 0. The molecule has 0 unspecified atom stereocenters. The molecule has 3 saturated heterocycles. The Hall–Kier alpha value is -1.46. The summed E-state index contributed by atoms with van der Waals surface area (Å²) < 4.78 is -0.251. The first kappa shape index (κ1) is 26.6. The second-order valence-electron chi connectivity index (χ2n) is 7.69. The van der Waals surface area contributed by atoms with E-state index in [0.29, 0.717) is 26.2 Å². The Balaban J connectivity index is 0.00000225. The van der Waals surface area contributed by atoms with Gasteiger partial charge in [0.1, 0.15) is 0 Å². The lowest BCUT2D eigenvalue weighted by Gasteiger charge is -2.39. The Morgan fingerprint density at radius 1 is 0.767 bits per heavy atom. The molecule has 0 aromatic carbocycles. The molecule has 0 bridgehead atoms. The van der Waals surface area contributed by atoms with E-state index in [1.807, 2.05) is 0 Å². The van der Waals surface area contributed by atoms with Crippen LogP contribution in [0.2, 0.25) is 0 Å². The molecule has 0 aromatic heterocycles. The number of halogens is 2. The van der Waals surface area contributed by atoms with Crippen LogP contribution in [0.3, 0.4) is 0 Å². The average molecular weight is 468 g/mol. The van der Waals surface area contributed by atoms with Crippen LogP contribution in [0.1, 0.15) is 12.8 Å². The fraction of sp³-hybridized carbons (Fsp3) is 0.778. The van der Waals surface area contributed by atoms with E-state index < -0.39 is 0 Å². The van der Waals surface area contributed by atoms with Gasteiger partial charge in [0.25, 0.3) is 11.8 Å². The molecule has 30 heavy (non-hydrogen) atoms. The van der Waals surface area contributed by atoms with Gasteiger partial charge in [-0.05, 0) is 0 Å². The lowest BCUT2D eigenvalue weighted by molar-refractivity contribution is -0.839. The van der Waals surface area contributed by atoms with Gasteiger partial charge >= 0.3 is 5.91 Å². The first-order chi connectivity index (χ1) is 13.5. The highest BCUT2D eigenvalue weighted by atomic mass is 35.5. The summed E-state index contributed by atoms with van der Waals surface area (Å²) in [5, 5.41) is 9.12. The maximum Gasteiger partial charge on any atom is 0.316 e. The highest BCUT2D eigenvalue weighted by Gasteiger charge is 2.43. The van der Waals surface area contributed by atoms with Crippen LogP contribution in [-0.4, -0.2) is 116 Å². The molecule has 4 amide bonds. The Labute approximate surface area is 189 Å². The number of hydrogen-bond acceptors (Lipinski definition) is 6.